The van der Waals surface area contributed by atoms with Crippen LogP contribution in [-0.2, 0) is 27.3 Å². The first-order valence-electron chi connectivity index (χ1n) is 11.8. The molecule has 2 fully saturated rings. The summed E-state index contributed by atoms with van der Waals surface area (Å²) in [7, 11) is 0. The molecule has 33 heavy (non-hydrogen) atoms. The van der Waals surface area contributed by atoms with Gasteiger partial charge in [0.05, 0.1) is 16.5 Å². The van der Waals surface area contributed by atoms with Crippen LogP contribution in [0.3, 0.4) is 0 Å². The van der Waals surface area contributed by atoms with Crippen molar-refractivity contribution >= 4 is 45.8 Å². The lowest BCUT2D eigenvalue weighted by molar-refractivity contribution is -0.123. The molecule has 0 spiro atoms. The number of unbranched alkanes of at least 4 members (excludes halogenated alkanes) is 1. The highest BCUT2D eigenvalue weighted by molar-refractivity contribution is 8.18. The van der Waals surface area contributed by atoms with Crippen molar-refractivity contribution in [2.24, 2.45) is 0 Å². The van der Waals surface area contributed by atoms with Gasteiger partial charge in [0.15, 0.2) is 0 Å². The molecule has 8 heteroatoms. The first-order chi connectivity index (χ1) is 16.0. The summed E-state index contributed by atoms with van der Waals surface area (Å²) >= 11 is 0.987. The average Bonchev–Trinajstić information content (AvgIpc) is 3.51. The number of nitrogens with one attached hydrogen (secondary N) is 1. The SMILES string of the molecule is CCCCN1C(=O)S/C(=C\c2cn(CC(=O)NC[C@H]3CCCO3)c3c(CC)cccc23)C1=O. The molecule has 0 saturated carbocycles. The predicted molar refractivity (Wildman–Crippen MR) is 131 cm³/mol. The van der Waals surface area contributed by atoms with Crippen LogP contribution in [-0.4, -0.2) is 52.3 Å². The molecular weight excluding hydrogens is 438 g/mol. The van der Waals surface area contributed by atoms with Gasteiger partial charge in [-0.1, -0.05) is 38.5 Å². The monoisotopic (exact) mass is 469 g/mol. The van der Waals surface area contributed by atoms with Crippen LogP contribution in [0.25, 0.3) is 17.0 Å². The Kier molecular flexibility index (Phi) is 7.55. The molecule has 2 aliphatic rings. The van der Waals surface area contributed by atoms with E-state index < -0.39 is 0 Å². The molecule has 1 atom stereocenters. The molecule has 4 rings (SSSR count). The Balaban J connectivity index is 1.60. The number of fused-ring (bicyclic) bond motifs is 1. The maximum absolute atomic E-state index is 12.8. The second kappa shape index (κ2) is 10.6. The van der Waals surface area contributed by atoms with E-state index in [0.717, 1.165) is 72.5 Å². The van der Waals surface area contributed by atoms with Crippen molar-refractivity contribution in [1.29, 1.82) is 0 Å². The van der Waals surface area contributed by atoms with Crippen LogP contribution >= 0.6 is 11.8 Å². The molecule has 3 heterocycles. The highest BCUT2D eigenvalue weighted by Crippen LogP contribution is 2.35. The number of carbonyl (C=O) groups excluding carboxylic acids is 3. The molecule has 0 bridgehead atoms. The number of rotatable bonds is 9. The highest BCUT2D eigenvalue weighted by atomic mass is 32.2. The summed E-state index contributed by atoms with van der Waals surface area (Å²) in [6.07, 6.45) is 8.36. The summed E-state index contributed by atoms with van der Waals surface area (Å²) in [6.45, 7) is 6.04. The van der Waals surface area contributed by atoms with Gasteiger partial charge in [-0.25, -0.2) is 0 Å². The molecule has 0 unspecified atom stereocenters. The van der Waals surface area contributed by atoms with E-state index in [1.54, 1.807) is 6.08 Å². The predicted octanol–water partition coefficient (Wildman–Crippen LogP) is 4.34. The van der Waals surface area contributed by atoms with E-state index in [2.05, 4.69) is 18.3 Å². The number of imide groups is 1. The zero-order chi connectivity index (χ0) is 23.4. The summed E-state index contributed by atoms with van der Waals surface area (Å²) < 4.78 is 7.55. The molecule has 0 aliphatic carbocycles. The summed E-state index contributed by atoms with van der Waals surface area (Å²) in [4.78, 5) is 39.6. The smallest absolute Gasteiger partial charge is 0.293 e. The Morgan fingerprint density at radius 1 is 1.30 bits per heavy atom. The second-order valence-corrected chi connectivity index (χ2v) is 9.50. The largest absolute Gasteiger partial charge is 0.376 e. The Labute approximate surface area is 198 Å². The number of benzene rings is 1. The fourth-order valence-electron chi connectivity index (χ4n) is 4.38. The molecule has 1 aromatic carbocycles. The van der Waals surface area contributed by atoms with Crippen LogP contribution in [0.15, 0.2) is 29.3 Å². The minimum atomic E-state index is -0.236. The number of aryl methyl sites for hydroxylation is 1. The normalized spacial score (nSPS) is 19.9. The van der Waals surface area contributed by atoms with Gasteiger partial charge in [-0.2, -0.15) is 0 Å². The number of amides is 3. The van der Waals surface area contributed by atoms with Gasteiger partial charge in [0, 0.05) is 36.8 Å². The van der Waals surface area contributed by atoms with E-state index in [9.17, 15) is 14.4 Å². The van der Waals surface area contributed by atoms with E-state index in [-0.39, 0.29) is 29.7 Å². The third-order valence-electron chi connectivity index (χ3n) is 6.15. The Hall–Kier alpha value is -2.58. The molecule has 2 aliphatic heterocycles. The first kappa shape index (κ1) is 23.6. The highest BCUT2D eigenvalue weighted by Gasteiger charge is 2.34. The molecule has 1 aromatic heterocycles. The van der Waals surface area contributed by atoms with Crippen molar-refractivity contribution in [2.45, 2.75) is 58.6 Å². The third kappa shape index (κ3) is 5.17. The van der Waals surface area contributed by atoms with Gasteiger partial charge in [0.2, 0.25) is 5.91 Å². The van der Waals surface area contributed by atoms with Crippen LogP contribution in [0, 0.1) is 0 Å². The van der Waals surface area contributed by atoms with Crippen LogP contribution in [0.5, 0.6) is 0 Å². The molecule has 176 valence electrons. The van der Waals surface area contributed by atoms with Crippen molar-refractivity contribution in [3.05, 3.63) is 40.4 Å². The van der Waals surface area contributed by atoms with E-state index in [4.69, 9.17) is 4.74 Å². The molecule has 3 amide bonds. The summed E-state index contributed by atoms with van der Waals surface area (Å²) in [5.41, 5.74) is 2.96. The average molecular weight is 470 g/mol. The van der Waals surface area contributed by atoms with Gasteiger partial charge < -0.3 is 14.6 Å². The Morgan fingerprint density at radius 2 is 2.15 bits per heavy atom. The van der Waals surface area contributed by atoms with Crippen LogP contribution in [0.1, 0.15) is 50.7 Å². The molecule has 2 saturated heterocycles. The maximum atomic E-state index is 12.8. The lowest BCUT2D eigenvalue weighted by Crippen LogP contribution is -2.34. The quantitative estimate of drug-likeness (QED) is 0.553. The van der Waals surface area contributed by atoms with Gasteiger partial charge in [0.25, 0.3) is 11.1 Å². The Morgan fingerprint density at radius 3 is 2.88 bits per heavy atom. The molecule has 2 aromatic rings. The van der Waals surface area contributed by atoms with Gasteiger partial charge in [-0.15, -0.1) is 0 Å². The number of ether oxygens (including phenoxy) is 1. The van der Waals surface area contributed by atoms with Gasteiger partial charge in [0.1, 0.15) is 6.54 Å². The topological polar surface area (TPSA) is 80.6 Å². The number of hydrogen-bond acceptors (Lipinski definition) is 5. The van der Waals surface area contributed by atoms with E-state index in [1.165, 1.54) is 4.90 Å². The van der Waals surface area contributed by atoms with Crippen LogP contribution < -0.4 is 5.32 Å². The number of hydrogen-bond donors (Lipinski definition) is 1. The lowest BCUT2D eigenvalue weighted by atomic mass is 10.1. The number of nitrogens with zero attached hydrogens (tertiary/aromatic N) is 2. The standard InChI is InChI=1S/C25H31N3O4S/c1-3-5-11-28-24(30)21(33-25(28)31)13-18-15-27(23-17(4-2)8-6-10-20(18)23)16-22(29)26-14-19-9-7-12-32-19/h6,8,10,13,15,19H,3-5,7,9,11-12,14,16H2,1-2H3,(H,26,29)/b21-13-/t19-/m1/s1. The molecule has 7 nitrogen and oxygen atoms in total. The van der Waals surface area contributed by atoms with Crippen molar-refractivity contribution in [3.63, 3.8) is 0 Å². The van der Waals surface area contributed by atoms with E-state index in [1.807, 2.05) is 29.8 Å². The summed E-state index contributed by atoms with van der Waals surface area (Å²) in [5, 5.41) is 3.74. The zero-order valence-corrected chi connectivity index (χ0v) is 20.1. The maximum Gasteiger partial charge on any atom is 0.293 e. The second-order valence-electron chi connectivity index (χ2n) is 8.51. The third-order valence-corrected chi connectivity index (χ3v) is 7.06. The number of carbonyl (C=O) groups is 3. The lowest BCUT2D eigenvalue weighted by Gasteiger charge is -2.12. The molecule has 1 N–H and O–H groups in total. The fourth-order valence-corrected chi connectivity index (χ4v) is 5.24. The molecule has 0 radical (unpaired) electrons. The van der Waals surface area contributed by atoms with E-state index in [0.29, 0.717) is 18.0 Å². The van der Waals surface area contributed by atoms with E-state index >= 15 is 0 Å². The zero-order valence-electron chi connectivity index (χ0n) is 19.3. The van der Waals surface area contributed by atoms with Crippen LogP contribution in [0.2, 0.25) is 0 Å². The number of thioether (sulfide) groups is 1. The van der Waals surface area contributed by atoms with Gasteiger partial charge >= 0.3 is 0 Å². The van der Waals surface area contributed by atoms with Crippen molar-refractivity contribution in [2.75, 3.05) is 19.7 Å². The minimum Gasteiger partial charge on any atom is -0.376 e. The fraction of sp³-hybridized carbons (Fsp3) is 0.480. The summed E-state index contributed by atoms with van der Waals surface area (Å²) in [6, 6.07) is 6.06. The van der Waals surface area contributed by atoms with Gasteiger partial charge in [-0.3, -0.25) is 19.3 Å². The first-order valence-corrected chi connectivity index (χ1v) is 12.6. The molecular formula is C25H31N3O4S. The number of aromatic nitrogens is 1. The van der Waals surface area contributed by atoms with Crippen LogP contribution in [0.4, 0.5) is 4.79 Å². The van der Waals surface area contributed by atoms with Gasteiger partial charge in [-0.05, 0) is 49.1 Å². The summed E-state index contributed by atoms with van der Waals surface area (Å²) in [5.74, 6) is -0.306. The van der Waals surface area contributed by atoms with Crippen molar-refractivity contribution < 1.29 is 19.1 Å². The number of para-hydroxylation sites is 1. The minimum absolute atomic E-state index is 0.0697. The Bertz CT molecular complexity index is 1080. The van der Waals surface area contributed by atoms with Crippen molar-refractivity contribution in [3.8, 4) is 0 Å². The van der Waals surface area contributed by atoms with Crippen molar-refractivity contribution in [1.82, 2.24) is 14.8 Å².